The Bertz CT molecular complexity index is 442. The molecule has 1 aliphatic heterocycles. The molecule has 4 heteroatoms. The van der Waals surface area contributed by atoms with E-state index in [2.05, 4.69) is 11.9 Å². The van der Waals surface area contributed by atoms with E-state index < -0.39 is 11.8 Å². The average Bonchev–Trinajstić information content (AvgIpc) is 2.36. The molecule has 0 saturated carbocycles. The van der Waals surface area contributed by atoms with Crippen LogP contribution >= 0.6 is 0 Å². The Kier molecular flexibility index (Phi) is 3.23. The molecule has 1 heterocycles. The number of carbonyl (C=O) groups excluding carboxylic acids is 2. The van der Waals surface area contributed by atoms with Crippen molar-refractivity contribution in [3.63, 3.8) is 0 Å². The molecule has 0 aliphatic carbocycles. The van der Waals surface area contributed by atoms with E-state index in [9.17, 15) is 9.59 Å². The number of hydrogen-bond acceptors (Lipinski definition) is 2. The molecule has 0 aromatic heterocycles. The normalized spacial score (nSPS) is 20.0. The third-order valence-corrected chi connectivity index (χ3v) is 2.75. The molecule has 1 atom stereocenters. The van der Waals surface area contributed by atoms with Gasteiger partial charge >= 0.3 is 11.8 Å². The molecule has 0 bridgehead atoms. The summed E-state index contributed by atoms with van der Waals surface area (Å²) in [7, 11) is 0. The highest BCUT2D eigenvalue weighted by Crippen LogP contribution is 2.20. The van der Waals surface area contributed by atoms with Crippen molar-refractivity contribution in [1.82, 2.24) is 5.32 Å². The van der Waals surface area contributed by atoms with E-state index >= 15 is 0 Å². The van der Waals surface area contributed by atoms with Crippen molar-refractivity contribution in [3.05, 3.63) is 43.0 Å². The molecule has 88 valence electrons. The number of anilines is 1. The lowest BCUT2D eigenvalue weighted by molar-refractivity contribution is -0.139. The number of piperazine rings is 1. The lowest BCUT2D eigenvalue weighted by Gasteiger charge is -2.34. The van der Waals surface area contributed by atoms with Crippen LogP contribution in [0.4, 0.5) is 5.69 Å². The quantitative estimate of drug-likeness (QED) is 0.624. The maximum absolute atomic E-state index is 11.9. The van der Waals surface area contributed by atoms with Crippen LogP contribution in [0.5, 0.6) is 0 Å². The van der Waals surface area contributed by atoms with Crippen LogP contribution < -0.4 is 10.2 Å². The van der Waals surface area contributed by atoms with Crippen LogP contribution in [0.1, 0.15) is 6.42 Å². The van der Waals surface area contributed by atoms with Gasteiger partial charge in [0, 0.05) is 12.2 Å². The molecule has 1 N–H and O–H groups in total. The first kappa shape index (κ1) is 11.4. The zero-order valence-corrected chi connectivity index (χ0v) is 9.43. The maximum atomic E-state index is 11.9. The highest BCUT2D eigenvalue weighted by atomic mass is 16.2. The fraction of sp³-hybridized carbons (Fsp3) is 0.231. The van der Waals surface area contributed by atoms with Gasteiger partial charge in [-0.25, -0.2) is 0 Å². The minimum atomic E-state index is -0.547. The van der Waals surface area contributed by atoms with E-state index in [0.717, 1.165) is 5.69 Å². The Labute approximate surface area is 99.9 Å². The van der Waals surface area contributed by atoms with Gasteiger partial charge in [0.15, 0.2) is 0 Å². The van der Waals surface area contributed by atoms with Gasteiger partial charge in [-0.15, -0.1) is 6.58 Å². The first-order valence-electron chi connectivity index (χ1n) is 5.51. The highest BCUT2D eigenvalue weighted by Gasteiger charge is 2.33. The van der Waals surface area contributed by atoms with E-state index in [-0.39, 0.29) is 6.04 Å². The maximum Gasteiger partial charge on any atom is 0.316 e. The van der Waals surface area contributed by atoms with Crippen molar-refractivity contribution >= 4 is 17.5 Å². The van der Waals surface area contributed by atoms with Crippen LogP contribution in [0, 0.1) is 0 Å². The van der Waals surface area contributed by atoms with Gasteiger partial charge in [-0.2, -0.15) is 0 Å². The number of amides is 2. The summed E-state index contributed by atoms with van der Waals surface area (Å²) in [6.07, 6.45) is 2.41. The summed E-state index contributed by atoms with van der Waals surface area (Å²) in [5, 5.41) is 2.59. The van der Waals surface area contributed by atoms with E-state index in [4.69, 9.17) is 0 Å². The molecule has 0 radical (unpaired) electrons. The third-order valence-electron chi connectivity index (χ3n) is 2.75. The van der Waals surface area contributed by atoms with Gasteiger partial charge in [-0.05, 0) is 18.6 Å². The topological polar surface area (TPSA) is 49.4 Å². The number of hydrogen-bond donors (Lipinski definition) is 1. The van der Waals surface area contributed by atoms with Crippen LogP contribution in [0.25, 0.3) is 0 Å². The van der Waals surface area contributed by atoms with Gasteiger partial charge in [0.05, 0.1) is 6.04 Å². The monoisotopic (exact) mass is 230 g/mol. The second kappa shape index (κ2) is 4.82. The van der Waals surface area contributed by atoms with Crippen LogP contribution in [0.2, 0.25) is 0 Å². The smallest absolute Gasteiger partial charge is 0.316 e. The fourth-order valence-corrected chi connectivity index (χ4v) is 1.95. The standard InChI is InChI=1S/C13H14N2O2/c1-2-6-11-9-14-12(16)13(17)15(11)10-7-4-3-5-8-10/h2-5,7-8,11H,1,6,9H2,(H,14,16). The van der Waals surface area contributed by atoms with Gasteiger partial charge in [0.2, 0.25) is 0 Å². The zero-order chi connectivity index (χ0) is 12.3. The fourth-order valence-electron chi connectivity index (χ4n) is 1.95. The molecular weight excluding hydrogens is 216 g/mol. The summed E-state index contributed by atoms with van der Waals surface area (Å²) in [4.78, 5) is 24.8. The first-order valence-corrected chi connectivity index (χ1v) is 5.51. The summed E-state index contributed by atoms with van der Waals surface area (Å²) in [5.74, 6) is -1.05. The van der Waals surface area contributed by atoms with Crippen molar-refractivity contribution < 1.29 is 9.59 Å². The van der Waals surface area contributed by atoms with Crippen molar-refractivity contribution in [2.24, 2.45) is 0 Å². The second-order valence-electron chi connectivity index (χ2n) is 3.90. The third kappa shape index (κ3) is 2.20. The summed E-state index contributed by atoms with van der Waals surface area (Å²) in [6, 6.07) is 9.17. The minimum absolute atomic E-state index is 0.0555. The zero-order valence-electron chi connectivity index (χ0n) is 9.43. The Hall–Kier alpha value is -2.10. The lowest BCUT2D eigenvalue weighted by atomic mass is 10.1. The number of nitrogens with one attached hydrogen (secondary N) is 1. The molecule has 2 amide bonds. The SMILES string of the molecule is C=CCC1CNC(=O)C(=O)N1c1ccccc1. The van der Waals surface area contributed by atoms with E-state index in [1.54, 1.807) is 11.0 Å². The molecule has 1 unspecified atom stereocenters. The minimum Gasteiger partial charge on any atom is -0.346 e. The summed E-state index contributed by atoms with van der Waals surface area (Å²) >= 11 is 0. The molecule has 1 fully saturated rings. The molecule has 0 spiro atoms. The van der Waals surface area contributed by atoms with Crippen molar-refractivity contribution in [2.45, 2.75) is 12.5 Å². The Morgan fingerprint density at radius 1 is 1.35 bits per heavy atom. The predicted molar refractivity (Wildman–Crippen MR) is 65.5 cm³/mol. The number of carbonyl (C=O) groups is 2. The summed E-state index contributed by atoms with van der Waals surface area (Å²) < 4.78 is 0. The molecule has 1 aliphatic rings. The molecule has 1 saturated heterocycles. The Balaban J connectivity index is 2.33. The number of rotatable bonds is 3. The average molecular weight is 230 g/mol. The molecular formula is C13H14N2O2. The first-order chi connectivity index (χ1) is 8.24. The van der Waals surface area contributed by atoms with E-state index in [1.165, 1.54) is 0 Å². The Morgan fingerprint density at radius 2 is 2.06 bits per heavy atom. The Morgan fingerprint density at radius 3 is 2.71 bits per heavy atom. The second-order valence-corrected chi connectivity index (χ2v) is 3.90. The molecule has 1 aromatic carbocycles. The van der Waals surface area contributed by atoms with Gasteiger partial charge < -0.3 is 5.32 Å². The molecule has 4 nitrogen and oxygen atoms in total. The van der Waals surface area contributed by atoms with Crippen molar-refractivity contribution in [3.8, 4) is 0 Å². The molecule has 17 heavy (non-hydrogen) atoms. The number of nitrogens with zero attached hydrogens (tertiary/aromatic N) is 1. The van der Waals surface area contributed by atoms with Gasteiger partial charge in [-0.3, -0.25) is 14.5 Å². The van der Waals surface area contributed by atoms with Crippen LogP contribution in [-0.2, 0) is 9.59 Å². The van der Waals surface area contributed by atoms with Crippen LogP contribution in [-0.4, -0.2) is 24.4 Å². The van der Waals surface area contributed by atoms with E-state index in [1.807, 2.05) is 30.3 Å². The van der Waals surface area contributed by atoms with Crippen LogP contribution in [0.15, 0.2) is 43.0 Å². The molecule has 1 aromatic rings. The van der Waals surface area contributed by atoms with Gasteiger partial charge in [-0.1, -0.05) is 24.3 Å². The van der Waals surface area contributed by atoms with Crippen molar-refractivity contribution in [2.75, 3.05) is 11.4 Å². The predicted octanol–water partition coefficient (Wildman–Crippen LogP) is 1.09. The lowest BCUT2D eigenvalue weighted by Crippen LogP contribution is -2.58. The number of para-hydroxylation sites is 1. The highest BCUT2D eigenvalue weighted by molar-refractivity contribution is 6.41. The van der Waals surface area contributed by atoms with E-state index in [0.29, 0.717) is 13.0 Å². The largest absolute Gasteiger partial charge is 0.346 e. The van der Waals surface area contributed by atoms with Crippen molar-refractivity contribution in [1.29, 1.82) is 0 Å². The van der Waals surface area contributed by atoms with Gasteiger partial charge in [0.25, 0.3) is 0 Å². The summed E-state index contributed by atoms with van der Waals surface area (Å²) in [6.45, 7) is 4.14. The summed E-state index contributed by atoms with van der Waals surface area (Å²) in [5.41, 5.74) is 0.749. The number of benzene rings is 1. The van der Waals surface area contributed by atoms with Crippen LogP contribution in [0.3, 0.4) is 0 Å². The van der Waals surface area contributed by atoms with Gasteiger partial charge in [0.1, 0.15) is 0 Å². The molecule has 2 rings (SSSR count).